The molecule has 3 nitrogen and oxygen atoms in total. The van der Waals surface area contributed by atoms with E-state index in [0.717, 1.165) is 12.8 Å². The summed E-state index contributed by atoms with van der Waals surface area (Å²) in [6.07, 6.45) is 2.31. The van der Waals surface area contributed by atoms with Gasteiger partial charge in [-0.3, -0.25) is 0 Å². The number of hydrogen-bond donors (Lipinski definition) is 0. The van der Waals surface area contributed by atoms with E-state index in [9.17, 15) is 0 Å². The molecular formula is C8H16O3. The lowest BCUT2D eigenvalue weighted by Crippen LogP contribution is -2.38. The van der Waals surface area contributed by atoms with Crippen LogP contribution in [0.1, 0.15) is 19.8 Å². The Morgan fingerprint density at radius 3 is 2.36 bits per heavy atom. The van der Waals surface area contributed by atoms with Gasteiger partial charge in [0.15, 0.2) is 6.29 Å². The molecule has 0 aromatic rings. The monoisotopic (exact) mass is 160 g/mol. The third kappa shape index (κ3) is 2.15. The molecule has 0 N–H and O–H groups in total. The molecule has 3 heteroatoms. The van der Waals surface area contributed by atoms with Gasteiger partial charge in [0, 0.05) is 20.6 Å². The lowest BCUT2D eigenvalue weighted by molar-refractivity contribution is -0.210. The van der Waals surface area contributed by atoms with E-state index in [0.29, 0.717) is 0 Å². The van der Waals surface area contributed by atoms with Crippen LogP contribution in [0.3, 0.4) is 0 Å². The van der Waals surface area contributed by atoms with Crippen LogP contribution >= 0.6 is 0 Å². The molecule has 1 heterocycles. The highest BCUT2D eigenvalue weighted by Gasteiger charge is 2.27. The maximum absolute atomic E-state index is 5.49. The standard InChI is InChI=1S/C8H16O3/c1-6-7(9-2)4-5-8(10-3)11-6/h6-8H,4-5H2,1-3H3/t6-,7+,8?/m1/s1. The van der Waals surface area contributed by atoms with E-state index >= 15 is 0 Å². The smallest absolute Gasteiger partial charge is 0.157 e. The van der Waals surface area contributed by atoms with Crippen LogP contribution in [0.25, 0.3) is 0 Å². The molecule has 0 radical (unpaired) electrons. The summed E-state index contributed by atoms with van der Waals surface area (Å²) in [6, 6.07) is 0. The predicted molar refractivity (Wildman–Crippen MR) is 41.4 cm³/mol. The molecule has 0 saturated carbocycles. The minimum absolute atomic E-state index is 0.0311. The van der Waals surface area contributed by atoms with Crippen LogP contribution in [-0.2, 0) is 14.2 Å². The minimum atomic E-state index is -0.0311. The molecule has 1 aliphatic heterocycles. The molecule has 1 aliphatic rings. The van der Waals surface area contributed by atoms with Gasteiger partial charge >= 0.3 is 0 Å². The normalized spacial score (nSPS) is 39.0. The largest absolute Gasteiger partial charge is 0.379 e. The van der Waals surface area contributed by atoms with E-state index in [1.165, 1.54) is 0 Å². The van der Waals surface area contributed by atoms with Crippen molar-refractivity contribution in [2.45, 2.75) is 38.3 Å². The van der Waals surface area contributed by atoms with Gasteiger partial charge in [0.25, 0.3) is 0 Å². The van der Waals surface area contributed by atoms with Crippen molar-refractivity contribution in [1.82, 2.24) is 0 Å². The van der Waals surface area contributed by atoms with Crippen molar-refractivity contribution in [2.24, 2.45) is 0 Å². The van der Waals surface area contributed by atoms with Gasteiger partial charge in [-0.2, -0.15) is 0 Å². The van der Waals surface area contributed by atoms with Gasteiger partial charge in [-0.1, -0.05) is 0 Å². The van der Waals surface area contributed by atoms with Gasteiger partial charge in [-0.05, 0) is 13.3 Å². The molecule has 3 atom stereocenters. The Morgan fingerprint density at radius 1 is 1.18 bits per heavy atom. The third-order valence-electron chi connectivity index (χ3n) is 2.14. The predicted octanol–water partition coefficient (Wildman–Crippen LogP) is 1.17. The summed E-state index contributed by atoms with van der Waals surface area (Å²) in [7, 11) is 3.39. The first-order chi connectivity index (χ1) is 5.27. The lowest BCUT2D eigenvalue weighted by Gasteiger charge is -2.32. The fourth-order valence-electron chi connectivity index (χ4n) is 1.41. The van der Waals surface area contributed by atoms with Crippen molar-refractivity contribution < 1.29 is 14.2 Å². The number of rotatable bonds is 2. The Balaban J connectivity index is 2.34. The van der Waals surface area contributed by atoms with Crippen molar-refractivity contribution in [1.29, 1.82) is 0 Å². The highest BCUT2D eigenvalue weighted by Crippen LogP contribution is 2.21. The van der Waals surface area contributed by atoms with E-state index in [-0.39, 0.29) is 18.5 Å². The zero-order valence-corrected chi connectivity index (χ0v) is 7.37. The molecule has 1 fully saturated rings. The lowest BCUT2D eigenvalue weighted by atomic mass is 10.1. The van der Waals surface area contributed by atoms with Crippen LogP contribution in [0.2, 0.25) is 0 Å². The van der Waals surface area contributed by atoms with Crippen molar-refractivity contribution in [3.63, 3.8) is 0 Å². The highest BCUT2D eigenvalue weighted by molar-refractivity contribution is 4.72. The number of ether oxygens (including phenoxy) is 3. The van der Waals surface area contributed by atoms with Crippen molar-refractivity contribution in [3.05, 3.63) is 0 Å². The van der Waals surface area contributed by atoms with E-state index in [2.05, 4.69) is 0 Å². The molecular weight excluding hydrogens is 144 g/mol. The molecule has 1 rings (SSSR count). The summed E-state index contributed by atoms with van der Waals surface area (Å²) < 4.78 is 15.8. The summed E-state index contributed by atoms with van der Waals surface area (Å²) in [4.78, 5) is 0. The first kappa shape index (κ1) is 8.97. The third-order valence-corrected chi connectivity index (χ3v) is 2.14. The Kier molecular flexibility index (Phi) is 3.30. The van der Waals surface area contributed by atoms with Crippen LogP contribution in [0, 0.1) is 0 Å². The van der Waals surface area contributed by atoms with E-state index in [1.807, 2.05) is 6.92 Å². The van der Waals surface area contributed by atoms with Crippen LogP contribution < -0.4 is 0 Å². The zero-order valence-electron chi connectivity index (χ0n) is 7.37. The number of hydrogen-bond acceptors (Lipinski definition) is 3. The summed E-state index contributed by atoms with van der Waals surface area (Å²) in [5, 5.41) is 0. The van der Waals surface area contributed by atoms with Crippen molar-refractivity contribution in [2.75, 3.05) is 14.2 Å². The molecule has 0 amide bonds. The Morgan fingerprint density at radius 2 is 1.91 bits per heavy atom. The summed E-state index contributed by atoms with van der Waals surface area (Å²) in [5.41, 5.74) is 0. The Bertz CT molecular complexity index is 116. The Hall–Kier alpha value is -0.120. The summed E-state index contributed by atoms with van der Waals surface area (Å²) in [5.74, 6) is 0. The van der Waals surface area contributed by atoms with Crippen molar-refractivity contribution in [3.8, 4) is 0 Å². The van der Waals surface area contributed by atoms with Crippen LogP contribution in [0.5, 0.6) is 0 Å². The Labute approximate surface area is 67.6 Å². The molecule has 1 saturated heterocycles. The molecule has 0 aromatic carbocycles. The fourth-order valence-corrected chi connectivity index (χ4v) is 1.41. The first-order valence-corrected chi connectivity index (χ1v) is 3.99. The van der Waals surface area contributed by atoms with Gasteiger partial charge in [-0.25, -0.2) is 0 Å². The van der Waals surface area contributed by atoms with E-state index in [1.54, 1.807) is 14.2 Å². The number of methoxy groups -OCH3 is 2. The van der Waals surface area contributed by atoms with Crippen LogP contribution in [0.15, 0.2) is 0 Å². The topological polar surface area (TPSA) is 27.7 Å². The molecule has 0 aromatic heterocycles. The second kappa shape index (κ2) is 4.04. The van der Waals surface area contributed by atoms with Crippen LogP contribution in [0.4, 0.5) is 0 Å². The maximum Gasteiger partial charge on any atom is 0.157 e. The summed E-state index contributed by atoms with van der Waals surface area (Å²) >= 11 is 0. The minimum Gasteiger partial charge on any atom is -0.379 e. The van der Waals surface area contributed by atoms with Gasteiger partial charge in [-0.15, -0.1) is 0 Å². The second-order valence-electron chi connectivity index (χ2n) is 2.86. The maximum atomic E-state index is 5.49. The molecule has 1 unspecified atom stereocenters. The second-order valence-corrected chi connectivity index (χ2v) is 2.86. The molecule has 0 bridgehead atoms. The van der Waals surface area contributed by atoms with Gasteiger partial charge in [0.05, 0.1) is 12.2 Å². The van der Waals surface area contributed by atoms with Crippen LogP contribution in [-0.4, -0.2) is 32.7 Å². The van der Waals surface area contributed by atoms with Gasteiger partial charge in [0.1, 0.15) is 0 Å². The zero-order chi connectivity index (χ0) is 8.27. The molecule has 66 valence electrons. The average molecular weight is 160 g/mol. The SMILES string of the molecule is COC1CC[C@H](OC)[C@@H](C)O1. The molecule has 11 heavy (non-hydrogen) atoms. The first-order valence-electron chi connectivity index (χ1n) is 3.99. The van der Waals surface area contributed by atoms with E-state index in [4.69, 9.17) is 14.2 Å². The van der Waals surface area contributed by atoms with E-state index < -0.39 is 0 Å². The van der Waals surface area contributed by atoms with Gasteiger partial charge in [0.2, 0.25) is 0 Å². The van der Waals surface area contributed by atoms with Crippen molar-refractivity contribution >= 4 is 0 Å². The molecule has 0 aliphatic carbocycles. The fraction of sp³-hybridized carbons (Fsp3) is 1.00. The molecule has 0 spiro atoms. The van der Waals surface area contributed by atoms with Gasteiger partial charge < -0.3 is 14.2 Å². The summed E-state index contributed by atoms with van der Waals surface area (Å²) in [6.45, 7) is 2.01. The highest BCUT2D eigenvalue weighted by atomic mass is 16.7. The average Bonchev–Trinajstić information content (AvgIpc) is 2.04. The quantitative estimate of drug-likeness (QED) is 0.607.